The number of anilines is 1. The van der Waals surface area contributed by atoms with Gasteiger partial charge >= 0.3 is 0 Å². The molecule has 0 bridgehead atoms. The highest BCUT2D eigenvalue weighted by Crippen LogP contribution is 2.51. The molecule has 0 unspecified atom stereocenters. The zero-order valence-corrected chi connectivity index (χ0v) is 9.83. The maximum Gasteiger partial charge on any atom is 0.127 e. The normalized spacial score (nSPS) is 16.9. The van der Waals surface area contributed by atoms with Crippen LogP contribution < -0.4 is 5.32 Å². The Labute approximate surface area is 96.5 Å². The minimum absolute atomic E-state index is 0.463. The summed E-state index contributed by atoms with van der Waals surface area (Å²) in [7, 11) is 0. The van der Waals surface area contributed by atoms with Gasteiger partial charge < -0.3 is 5.32 Å². The molecule has 0 radical (unpaired) electrons. The van der Waals surface area contributed by atoms with Gasteiger partial charge in [-0.05, 0) is 36.3 Å². The zero-order chi connectivity index (χ0) is 11.6. The van der Waals surface area contributed by atoms with Crippen LogP contribution in [0.1, 0.15) is 32.3 Å². The summed E-state index contributed by atoms with van der Waals surface area (Å²) >= 11 is 0. The van der Waals surface area contributed by atoms with Crippen molar-refractivity contribution in [1.82, 2.24) is 4.98 Å². The number of nitriles is 1. The first kappa shape index (κ1) is 10.9. The summed E-state index contributed by atoms with van der Waals surface area (Å²) in [5.74, 6) is 1.52. The standard InChI is InChI=1S/C13H17N3/c1-10(2)13(4-5-13)9-16-12-7-11(8-14)3-6-15-12/h3,6-7,10H,4-5,9H2,1-2H3,(H,15,16). The highest BCUT2D eigenvalue weighted by atomic mass is 15.0. The molecule has 0 amide bonds. The van der Waals surface area contributed by atoms with Crippen molar-refractivity contribution >= 4 is 5.82 Å². The average Bonchev–Trinajstić information content (AvgIpc) is 3.08. The summed E-state index contributed by atoms with van der Waals surface area (Å²) < 4.78 is 0. The van der Waals surface area contributed by atoms with E-state index in [1.807, 2.05) is 0 Å². The van der Waals surface area contributed by atoms with E-state index in [9.17, 15) is 0 Å². The Hall–Kier alpha value is -1.56. The predicted octanol–water partition coefficient (Wildman–Crippen LogP) is 2.80. The molecule has 0 aromatic carbocycles. The summed E-state index contributed by atoms with van der Waals surface area (Å²) in [6, 6.07) is 5.65. The van der Waals surface area contributed by atoms with Gasteiger partial charge in [0.2, 0.25) is 0 Å². The van der Waals surface area contributed by atoms with Gasteiger partial charge in [0.25, 0.3) is 0 Å². The first-order valence-corrected chi connectivity index (χ1v) is 5.76. The SMILES string of the molecule is CC(C)C1(CNc2cc(C#N)ccn2)CC1. The Balaban J connectivity index is 1.98. The van der Waals surface area contributed by atoms with Crippen LogP contribution in [0.5, 0.6) is 0 Å². The molecule has 0 saturated heterocycles. The first-order chi connectivity index (χ1) is 7.66. The molecule has 84 valence electrons. The lowest BCUT2D eigenvalue weighted by molar-refractivity contribution is 0.380. The van der Waals surface area contributed by atoms with Gasteiger partial charge in [0.15, 0.2) is 0 Å². The largest absolute Gasteiger partial charge is 0.369 e. The molecule has 1 fully saturated rings. The highest BCUT2D eigenvalue weighted by molar-refractivity contribution is 5.42. The van der Waals surface area contributed by atoms with Crippen LogP contribution in [0, 0.1) is 22.7 Å². The summed E-state index contributed by atoms with van der Waals surface area (Å²) in [6.45, 7) is 5.51. The van der Waals surface area contributed by atoms with Crippen molar-refractivity contribution in [2.45, 2.75) is 26.7 Å². The molecule has 3 nitrogen and oxygen atoms in total. The van der Waals surface area contributed by atoms with E-state index in [1.165, 1.54) is 12.8 Å². The fraction of sp³-hybridized carbons (Fsp3) is 0.538. The van der Waals surface area contributed by atoms with Crippen LogP contribution >= 0.6 is 0 Å². The van der Waals surface area contributed by atoms with Crippen molar-refractivity contribution in [2.75, 3.05) is 11.9 Å². The van der Waals surface area contributed by atoms with Crippen LogP contribution in [0.25, 0.3) is 0 Å². The van der Waals surface area contributed by atoms with Crippen molar-refractivity contribution in [3.05, 3.63) is 23.9 Å². The lowest BCUT2D eigenvalue weighted by atomic mass is 9.92. The van der Waals surface area contributed by atoms with E-state index in [2.05, 4.69) is 30.2 Å². The van der Waals surface area contributed by atoms with Crippen LogP contribution in [-0.4, -0.2) is 11.5 Å². The molecule has 1 N–H and O–H groups in total. The molecule has 1 aromatic rings. The number of hydrogen-bond donors (Lipinski definition) is 1. The summed E-state index contributed by atoms with van der Waals surface area (Å²) in [6.07, 6.45) is 4.28. The van der Waals surface area contributed by atoms with E-state index < -0.39 is 0 Å². The lowest BCUT2D eigenvalue weighted by Crippen LogP contribution is -2.21. The van der Waals surface area contributed by atoms with Crippen LogP contribution in [0.3, 0.4) is 0 Å². The van der Waals surface area contributed by atoms with Crippen LogP contribution in [-0.2, 0) is 0 Å². The lowest BCUT2D eigenvalue weighted by Gasteiger charge is -2.20. The molecule has 3 heteroatoms. The maximum atomic E-state index is 8.79. The van der Waals surface area contributed by atoms with Gasteiger partial charge in [0, 0.05) is 12.7 Å². The van der Waals surface area contributed by atoms with E-state index in [0.717, 1.165) is 12.4 Å². The Morgan fingerprint density at radius 2 is 2.31 bits per heavy atom. The van der Waals surface area contributed by atoms with Crippen molar-refractivity contribution in [2.24, 2.45) is 11.3 Å². The summed E-state index contributed by atoms with van der Waals surface area (Å²) in [5, 5.41) is 12.1. The number of nitrogens with one attached hydrogen (secondary N) is 1. The molecule has 1 saturated carbocycles. The van der Waals surface area contributed by atoms with Gasteiger partial charge in [-0.1, -0.05) is 13.8 Å². The second-order valence-electron chi connectivity index (χ2n) is 4.91. The fourth-order valence-corrected chi connectivity index (χ4v) is 1.98. The second-order valence-corrected chi connectivity index (χ2v) is 4.91. The zero-order valence-electron chi connectivity index (χ0n) is 9.83. The van der Waals surface area contributed by atoms with Gasteiger partial charge in [-0.15, -0.1) is 0 Å². The van der Waals surface area contributed by atoms with Gasteiger partial charge in [-0.3, -0.25) is 0 Å². The molecule has 0 aliphatic heterocycles. The predicted molar refractivity (Wildman–Crippen MR) is 63.9 cm³/mol. The Kier molecular flexibility index (Phi) is 2.82. The molecular formula is C13H17N3. The Morgan fingerprint density at radius 1 is 1.56 bits per heavy atom. The molecule has 1 aromatic heterocycles. The van der Waals surface area contributed by atoms with Gasteiger partial charge in [-0.25, -0.2) is 4.98 Å². The maximum absolute atomic E-state index is 8.79. The van der Waals surface area contributed by atoms with E-state index in [4.69, 9.17) is 5.26 Å². The van der Waals surface area contributed by atoms with Crippen LogP contribution in [0.15, 0.2) is 18.3 Å². The van der Waals surface area contributed by atoms with E-state index in [1.54, 1.807) is 18.3 Å². The van der Waals surface area contributed by atoms with Crippen molar-refractivity contribution in [1.29, 1.82) is 5.26 Å². The molecule has 1 heterocycles. The van der Waals surface area contributed by atoms with Crippen molar-refractivity contribution in [3.8, 4) is 6.07 Å². The molecule has 1 aliphatic carbocycles. The van der Waals surface area contributed by atoms with Crippen LogP contribution in [0.4, 0.5) is 5.82 Å². The monoisotopic (exact) mass is 215 g/mol. The van der Waals surface area contributed by atoms with Gasteiger partial charge in [-0.2, -0.15) is 5.26 Å². The van der Waals surface area contributed by atoms with Crippen LogP contribution in [0.2, 0.25) is 0 Å². The Morgan fingerprint density at radius 3 is 2.88 bits per heavy atom. The molecule has 2 rings (SSSR count). The molecule has 0 spiro atoms. The first-order valence-electron chi connectivity index (χ1n) is 5.76. The van der Waals surface area contributed by atoms with Gasteiger partial charge in [0.1, 0.15) is 5.82 Å². The molecule has 0 atom stereocenters. The number of rotatable bonds is 4. The highest BCUT2D eigenvalue weighted by Gasteiger charge is 2.44. The van der Waals surface area contributed by atoms with E-state index >= 15 is 0 Å². The smallest absolute Gasteiger partial charge is 0.127 e. The fourth-order valence-electron chi connectivity index (χ4n) is 1.98. The third-order valence-electron chi connectivity index (χ3n) is 3.63. The average molecular weight is 215 g/mol. The minimum atomic E-state index is 0.463. The second kappa shape index (κ2) is 4.13. The quantitative estimate of drug-likeness (QED) is 0.840. The summed E-state index contributed by atoms with van der Waals surface area (Å²) in [5.41, 5.74) is 1.12. The van der Waals surface area contributed by atoms with Crippen molar-refractivity contribution < 1.29 is 0 Å². The van der Waals surface area contributed by atoms with Gasteiger partial charge in [0.05, 0.1) is 11.6 Å². The number of aromatic nitrogens is 1. The third-order valence-corrected chi connectivity index (χ3v) is 3.63. The minimum Gasteiger partial charge on any atom is -0.369 e. The third kappa shape index (κ3) is 2.16. The topological polar surface area (TPSA) is 48.7 Å². The number of pyridine rings is 1. The number of nitrogens with zero attached hydrogens (tertiary/aromatic N) is 2. The van der Waals surface area contributed by atoms with Crippen molar-refractivity contribution in [3.63, 3.8) is 0 Å². The molecular weight excluding hydrogens is 198 g/mol. The Bertz CT molecular complexity index is 413. The summed E-state index contributed by atoms with van der Waals surface area (Å²) in [4.78, 5) is 4.22. The molecule has 16 heavy (non-hydrogen) atoms. The van der Waals surface area contributed by atoms with E-state index in [-0.39, 0.29) is 0 Å². The number of hydrogen-bond acceptors (Lipinski definition) is 3. The van der Waals surface area contributed by atoms with E-state index in [0.29, 0.717) is 16.9 Å². The molecule has 1 aliphatic rings.